The van der Waals surface area contributed by atoms with Crippen molar-refractivity contribution in [2.75, 3.05) is 40.4 Å². The van der Waals surface area contributed by atoms with E-state index in [1.165, 1.54) is 5.56 Å². The molecule has 1 saturated heterocycles. The minimum atomic E-state index is -0.552. The maximum Gasteiger partial charge on any atom is 0.408 e. The third-order valence-corrected chi connectivity index (χ3v) is 5.29. The summed E-state index contributed by atoms with van der Waals surface area (Å²) in [6.45, 7) is 12.9. The lowest BCUT2D eigenvalue weighted by Crippen LogP contribution is -2.45. The SMILES string of the molecule is CN=C(NCC(NC(=O)OC(C)(C)C)c1ccc(C(C)C)cc1)N(C)CC1CCOC1. The number of carbonyl (C=O) groups excluding carboxylic acids is 1. The van der Waals surface area contributed by atoms with Crippen LogP contribution in [0.4, 0.5) is 4.79 Å². The molecule has 2 N–H and O–H groups in total. The molecule has 0 saturated carbocycles. The van der Waals surface area contributed by atoms with Crippen molar-refractivity contribution in [2.45, 2.75) is 58.6 Å². The Labute approximate surface area is 187 Å². The van der Waals surface area contributed by atoms with Gasteiger partial charge in [0.05, 0.1) is 12.6 Å². The highest BCUT2D eigenvalue weighted by Crippen LogP contribution is 2.20. The van der Waals surface area contributed by atoms with Gasteiger partial charge in [0.1, 0.15) is 5.60 Å². The molecule has 0 spiro atoms. The number of nitrogens with zero attached hydrogens (tertiary/aromatic N) is 2. The average Bonchev–Trinajstić information content (AvgIpc) is 3.19. The second-order valence-electron chi connectivity index (χ2n) is 9.56. The van der Waals surface area contributed by atoms with Gasteiger partial charge in [0.25, 0.3) is 0 Å². The van der Waals surface area contributed by atoms with E-state index in [1.54, 1.807) is 7.05 Å². The van der Waals surface area contributed by atoms with Crippen LogP contribution in [0.15, 0.2) is 29.3 Å². The highest BCUT2D eigenvalue weighted by Gasteiger charge is 2.23. The zero-order chi connectivity index (χ0) is 23.0. The largest absolute Gasteiger partial charge is 0.444 e. The predicted molar refractivity (Wildman–Crippen MR) is 126 cm³/mol. The summed E-state index contributed by atoms with van der Waals surface area (Å²) in [6.07, 6.45) is 0.644. The summed E-state index contributed by atoms with van der Waals surface area (Å²) in [5.74, 6) is 1.76. The minimum absolute atomic E-state index is 0.254. The van der Waals surface area contributed by atoms with Gasteiger partial charge in [-0.2, -0.15) is 0 Å². The lowest BCUT2D eigenvalue weighted by molar-refractivity contribution is 0.0504. The maximum atomic E-state index is 12.5. The van der Waals surface area contributed by atoms with E-state index in [2.05, 4.69) is 58.6 Å². The Hall–Kier alpha value is -2.28. The van der Waals surface area contributed by atoms with Gasteiger partial charge in [-0.1, -0.05) is 38.1 Å². The second kappa shape index (κ2) is 11.4. The third-order valence-electron chi connectivity index (χ3n) is 5.29. The molecule has 0 radical (unpaired) electrons. The summed E-state index contributed by atoms with van der Waals surface area (Å²) in [5, 5.41) is 6.43. The first-order valence-corrected chi connectivity index (χ1v) is 11.2. The molecule has 2 rings (SSSR count). The number of carbonyl (C=O) groups is 1. The van der Waals surface area contributed by atoms with E-state index in [-0.39, 0.29) is 6.04 Å². The first kappa shape index (κ1) is 25.0. The molecule has 31 heavy (non-hydrogen) atoms. The van der Waals surface area contributed by atoms with Gasteiger partial charge in [-0.25, -0.2) is 4.79 Å². The van der Waals surface area contributed by atoms with Crippen molar-refractivity contribution in [3.05, 3.63) is 35.4 Å². The number of rotatable bonds is 7. The molecule has 1 amide bonds. The van der Waals surface area contributed by atoms with E-state index < -0.39 is 11.7 Å². The van der Waals surface area contributed by atoms with Gasteiger partial charge in [-0.3, -0.25) is 4.99 Å². The molecular formula is C24H40N4O3. The summed E-state index contributed by atoms with van der Waals surface area (Å²) in [4.78, 5) is 19.0. The number of guanidine groups is 1. The van der Waals surface area contributed by atoms with Gasteiger partial charge in [0.15, 0.2) is 5.96 Å². The number of hydrogen-bond acceptors (Lipinski definition) is 4. The number of ether oxygens (including phenoxy) is 2. The fourth-order valence-corrected chi connectivity index (χ4v) is 3.59. The van der Waals surface area contributed by atoms with Gasteiger partial charge in [-0.05, 0) is 44.2 Å². The summed E-state index contributed by atoms with van der Waals surface area (Å²) >= 11 is 0. The van der Waals surface area contributed by atoms with E-state index in [4.69, 9.17) is 9.47 Å². The van der Waals surface area contributed by atoms with Crippen molar-refractivity contribution in [1.29, 1.82) is 0 Å². The number of benzene rings is 1. The lowest BCUT2D eigenvalue weighted by Gasteiger charge is -2.28. The van der Waals surface area contributed by atoms with E-state index in [0.29, 0.717) is 18.4 Å². The van der Waals surface area contributed by atoms with Crippen LogP contribution in [0, 0.1) is 5.92 Å². The molecule has 0 aliphatic carbocycles. The van der Waals surface area contributed by atoms with Crippen LogP contribution in [0.1, 0.15) is 64.1 Å². The van der Waals surface area contributed by atoms with E-state index >= 15 is 0 Å². The van der Waals surface area contributed by atoms with Crippen LogP contribution in [0.3, 0.4) is 0 Å². The molecule has 174 valence electrons. The van der Waals surface area contributed by atoms with Crippen LogP contribution in [0.2, 0.25) is 0 Å². The molecule has 0 aromatic heterocycles. The molecule has 7 heteroatoms. The molecule has 1 aromatic carbocycles. The van der Waals surface area contributed by atoms with Gasteiger partial charge in [-0.15, -0.1) is 0 Å². The minimum Gasteiger partial charge on any atom is -0.444 e. The van der Waals surface area contributed by atoms with Gasteiger partial charge < -0.3 is 25.0 Å². The Morgan fingerprint density at radius 1 is 1.26 bits per heavy atom. The Morgan fingerprint density at radius 2 is 1.90 bits per heavy atom. The lowest BCUT2D eigenvalue weighted by atomic mass is 9.99. The Balaban J connectivity index is 2.08. The molecule has 1 aliphatic rings. The summed E-state index contributed by atoms with van der Waals surface area (Å²) in [7, 11) is 3.80. The monoisotopic (exact) mass is 432 g/mol. The Morgan fingerprint density at radius 3 is 2.42 bits per heavy atom. The molecule has 0 bridgehead atoms. The number of amides is 1. The second-order valence-corrected chi connectivity index (χ2v) is 9.56. The molecule has 2 atom stereocenters. The van der Waals surface area contributed by atoms with Crippen molar-refractivity contribution in [1.82, 2.24) is 15.5 Å². The molecular weight excluding hydrogens is 392 g/mol. The zero-order valence-electron chi connectivity index (χ0n) is 20.2. The fourth-order valence-electron chi connectivity index (χ4n) is 3.59. The van der Waals surface area contributed by atoms with Crippen LogP contribution < -0.4 is 10.6 Å². The summed E-state index contributed by atoms with van der Waals surface area (Å²) in [6, 6.07) is 8.12. The van der Waals surface area contributed by atoms with E-state index in [0.717, 1.165) is 37.7 Å². The van der Waals surface area contributed by atoms with Crippen molar-refractivity contribution < 1.29 is 14.3 Å². The summed E-state index contributed by atoms with van der Waals surface area (Å²) < 4.78 is 11.0. The van der Waals surface area contributed by atoms with Crippen LogP contribution in [0.5, 0.6) is 0 Å². The zero-order valence-corrected chi connectivity index (χ0v) is 20.2. The molecule has 2 unspecified atom stereocenters. The van der Waals surface area contributed by atoms with Crippen LogP contribution in [-0.4, -0.2) is 63.0 Å². The van der Waals surface area contributed by atoms with Crippen molar-refractivity contribution >= 4 is 12.1 Å². The van der Waals surface area contributed by atoms with Crippen LogP contribution in [-0.2, 0) is 9.47 Å². The Bertz CT molecular complexity index is 719. The number of nitrogens with one attached hydrogen (secondary N) is 2. The normalized spacial score (nSPS) is 18.1. The molecule has 1 fully saturated rings. The maximum absolute atomic E-state index is 12.5. The molecule has 7 nitrogen and oxygen atoms in total. The van der Waals surface area contributed by atoms with Gasteiger partial charge in [0.2, 0.25) is 0 Å². The van der Waals surface area contributed by atoms with Gasteiger partial charge in [0, 0.05) is 39.7 Å². The standard InChI is InChI=1S/C24H40N4O3/c1-17(2)19-8-10-20(11-9-19)21(27-23(29)31-24(3,4)5)14-26-22(25-6)28(7)15-18-12-13-30-16-18/h8-11,17-18,21H,12-16H2,1-7H3,(H,25,26)(H,27,29). The van der Waals surface area contributed by atoms with Crippen LogP contribution >= 0.6 is 0 Å². The first-order valence-electron chi connectivity index (χ1n) is 11.2. The van der Waals surface area contributed by atoms with Crippen molar-refractivity contribution in [3.8, 4) is 0 Å². The highest BCUT2D eigenvalue weighted by molar-refractivity contribution is 5.79. The number of hydrogen-bond donors (Lipinski definition) is 2. The number of alkyl carbamates (subject to hydrolysis) is 1. The topological polar surface area (TPSA) is 75.2 Å². The van der Waals surface area contributed by atoms with E-state index in [1.807, 2.05) is 27.8 Å². The van der Waals surface area contributed by atoms with Crippen molar-refractivity contribution in [2.24, 2.45) is 10.9 Å². The number of aliphatic imine (C=N–C) groups is 1. The molecule has 1 heterocycles. The first-order chi connectivity index (χ1) is 14.6. The summed E-state index contributed by atoms with van der Waals surface area (Å²) in [5.41, 5.74) is 1.73. The molecule has 1 aromatic rings. The highest BCUT2D eigenvalue weighted by atomic mass is 16.6. The quantitative estimate of drug-likeness (QED) is 0.505. The predicted octanol–water partition coefficient (Wildman–Crippen LogP) is 3.92. The molecule has 1 aliphatic heterocycles. The fraction of sp³-hybridized carbons (Fsp3) is 0.667. The third kappa shape index (κ3) is 8.40. The van der Waals surface area contributed by atoms with E-state index in [9.17, 15) is 4.79 Å². The smallest absolute Gasteiger partial charge is 0.408 e. The van der Waals surface area contributed by atoms with Crippen LogP contribution in [0.25, 0.3) is 0 Å². The van der Waals surface area contributed by atoms with Crippen molar-refractivity contribution in [3.63, 3.8) is 0 Å². The van der Waals surface area contributed by atoms with Gasteiger partial charge >= 0.3 is 6.09 Å². The Kier molecular flexibility index (Phi) is 9.16. The average molecular weight is 433 g/mol.